The Bertz CT molecular complexity index is 4130. The number of hydrogen-bond acceptors (Lipinski definition) is 2. The highest BCUT2D eigenvalue weighted by molar-refractivity contribution is 6.01. The zero-order chi connectivity index (χ0) is 49.9. The molecule has 11 aromatic carbocycles. The van der Waals surface area contributed by atoms with Crippen LogP contribution in [0, 0.1) is 0 Å². The highest BCUT2D eigenvalue weighted by Gasteiger charge is 2.49. The summed E-state index contributed by atoms with van der Waals surface area (Å²) in [6, 6.07) is 99.8. The molecular weight excluding hydrogens is 907 g/mol. The molecule has 3 aliphatic rings. The fourth-order valence-corrected chi connectivity index (χ4v) is 14.0. The SMILES string of the molecule is CC1(C)c2ccccc2-c2c(N(c3ccc4c(c3)C(c3ccccc3)(c3ccccc3)c3ccccc3-4)c3ccc4occc4c3)ccc(-c3ccc4c(c3)C(c3ccccc3)(c3ccccc3)c3ccccc3-4)c21. The van der Waals surface area contributed by atoms with Crippen molar-refractivity contribution >= 4 is 28.0 Å². The smallest absolute Gasteiger partial charge is 0.133 e. The third kappa shape index (κ3) is 6.02. The van der Waals surface area contributed by atoms with Gasteiger partial charge in [-0.2, -0.15) is 0 Å². The third-order valence-corrected chi connectivity index (χ3v) is 17.1. The summed E-state index contributed by atoms with van der Waals surface area (Å²) in [6.07, 6.45) is 1.80. The van der Waals surface area contributed by atoms with E-state index in [2.05, 4.69) is 286 Å². The fourth-order valence-electron chi connectivity index (χ4n) is 14.0. The number of nitrogens with zero attached hydrogens (tertiary/aromatic N) is 1. The molecule has 0 amide bonds. The number of anilines is 3. The number of fused-ring (bicyclic) bond motifs is 10. The van der Waals surface area contributed by atoms with Gasteiger partial charge in [-0.1, -0.05) is 232 Å². The predicted octanol–water partition coefficient (Wildman–Crippen LogP) is 18.6. The Morgan fingerprint density at radius 2 is 0.773 bits per heavy atom. The fraction of sp³-hybridized carbons (Fsp3) is 0.0685. The lowest BCUT2D eigenvalue weighted by Gasteiger charge is -2.35. The molecule has 15 rings (SSSR count). The zero-order valence-electron chi connectivity index (χ0n) is 41.8. The van der Waals surface area contributed by atoms with Crippen molar-refractivity contribution in [3.05, 3.63) is 329 Å². The molecule has 12 aromatic rings. The van der Waals surface area contributed by atoms with Gasteiger partial charge in [0.1, 0.15) is 5.58 Å². The second-order valence-corrected chi connectivity index (χ2v) is 21.1. The Balaban J connectivity index is 1.00. The summed E-state index contributed by atoms with van der Waals surface area (Å²) in [5.74, 6) is 0. The lowest BCUT2D eigenvalue weighted by molar-refractivity contribution is 0.616. The van der Waals surface area contributed by atoms with Crippen molar-refractivity contribution in [1.29, 1.82) is 0 Å². The summed E-state index contributed by atoms with van der Waals surface area (Å²) in [5.41, 5.74) is 25.6. The van der Waals surface area contributed by atoms with Crippen LogP contribution in [0.4, 0.5) is 17.1 Å². The lowest BCUT2D eigenvalue weighted by atomic mass is 9.67. The molecule has 0 spiro atoms. The molecule has 0 unspecified atom stereocenters. The Morgan fingerprint density at radius 3 is 1.35 bits per heavy atom. The number of benzene rings is 11. The average Bonchev–Trinajstić information content (AvgIpc) is 4.24. The molecule has 0 fully saturated rings. The van der Waals surface area contributed by atoms with Crippen molar-refractivity contribution < 1.29 is 4.42 Å². The van der Waals surface area contributed by atoms with Gasteiger partial charge >= 0.3 is 0 Å². The third-order valence-electron chi connectivity index (χ3n) is 17.1. The highest BCUT2D eigenvalue weighted by Crippen LogP contribution is 2.62. The topological polar surface area (TPSA) is 16.4 Å². The van der Waals surface area contributed by atoms with Crippen LogP contribution in [0.2, 0.25) is 0 Å². The molecule has 0 bridgehead atoms. The summed E-state index contributed by atoms with van der Waals surface area (Å²) in [6.45, 7) is 4.85. The Morgan fingerprint density at radius 1 is 0.333 bits per heavy atom. The molecule has 2 nitrogen and oxygen atoms in total. The van der Waals surface area contributed by atoms with Crippen LogP contribution < -0.4 is 4.90 Å². The van der Waals surface area contributed by atoms with E-state index in [0.717, 1.165) is 28.0 Å². The molecule has 0 N–H and O–H groups in total. The van der Waals surface area contributed by atoms with Crippen LogP contribution in [0.1, 0.15) is 69.5 Å². The molecule has 0 aliphatic heterocycles. The minimum absolute atomic E-state index is 0.343. The van der Waals surface area contributed by atoms with E-state index in [1.165, 1.54) is 100 Å². The van der Waals surface area contributed by atoms with E-state index in [0.29, 0.717) is 0 Å². The van der Waals surface area contributed by atoms with Crippen molar-refractivity contribution in [2.75, 3.05) is 4.90 Å². The maximum Gasteiger partial charge on any atom is 0.133 e. The molecular formula is C73H51NO. The highest BCUT2D eigenvalue weighted by atomic mass is 16.3. The molecule has 2 heteroatoms. The van der Waals surface area contributed by atoms with Gasteiger partial charge in [-0.25, -0.2) is 0 Å². The van der Waals surface area contributed by atoms with Gasteiger partial charge < -0.3 is 9.32 Å². The van der Waals surface area contributed by atoms with Gasteiger partial charge in [0.25, 0.3) is 0 Å². The first-order chi connectivity index (χ1) is 37.0. The van der Waals surface area contributed by atoms with E-state index in [4.69, 9.17) is 4.42 Å². The standard InChI is InChI=1S/C73H51NO/c1-71(2)62-32-18-17-31-61(62)69-67(41-40-56(70(69)71)48-35-38-59-57-29-15-19-33-63(57)72(65(59)46-48,50-21-7-3-8-22-50)51-23-9-4-10-24-51)74(54-37-42-68-49(45-54)43-44-75-68)55-36-39-60-58-30-16-20-34-64(58)73(66(60)47-55,52-25-11-5-12-26-52)53-27-13-6-14-28-53/h3-47H,1-2H3. The van der Waals surface area contributed by atoms with Crippen LogP contribution in [0.25, 0.3) is 55.5 Å². The van der Waals surface area contributed by atoms with Crippen molar-refractivity contribution in [2.45, 2.75) is 30.1 Å². The van der Waals surface area contributed by atoms with Gasteiger partial charge in [0.05, 0.1) is 22.8 Å². The summed E-state index contributed by atoms with van der Waals surface area (Å²) >= 11 is 0. The van der Waals surface area contributed by atoms with Crippen molar-refractivity contribution in [1.82, 2.24) is 0 Å². The van der Waals surface area contributed by atoms with Crippen LogP contribution in [-0.4, -0.2) is 0 Å². The van der Waals surface area contributed by atoms with E-state index in [1.54, 1.807) is 6.26 Å². The molecule has 0 saturated heterocycles. The van der Waals surface area contributed by atoms with E-state index >= 15 is 0 Å². The quantitative estimate of drug-likeness (QED) is 0.151. The first-order valence-corrected chi connectivity index (χ1v) is 26.2. The van der Waals surface area contributed by atoms with Crippen LogP contribution in [0.3, 0.4) is 0 Å². The molecule has 0 atom stereocenters. The lowest BCUT2D eigenvalue weighted by Crippen LogP contribution is -2.28. The van der Waals surface area contributed by atoms with Crippen LogP contribution in [0.15, 0.2) is 278 Å². The van der Waals surface area contributed by atoms with Gasteiger partial charge in [0.15, 0.2) is 0 Å². The second-order valence-electron chi connectivity index (χ2n) is 21.1. The average molecular weight is 958 g/mol. The van der Waals surface area contributed by atoms with E-state index in [1.807, 2.05) is 0 Å². The van der Waals surface area contributed by atoms with Gasteiger partial charge in [0.2, 0.25) is 0 Å². The normalized spacial score (nSPS) is 14.6. The Labute approximate surface area is 438 Å². The number of furan rings is 1. The molecule has 75 heavy (non-hydrogen) atoms. The number of hydrogen-bond donors (Lipinski definition) is 0. The van der Waals surface area contributed by atoms with Crippen LogP contribution >= 0.6 is 0 Å². The monoisotopic (exact) mass is 957 g/mol. The van der Waals surface area contributed by atoms with Gasteiger partial charge in [0, 0.05) is 27.7 Å². The Hall–Kier alpha value is -9.24. The predicted molar refractivity (Wildman–Crippen MR) is 309 cm³/mol. The summed E-state index contributed by atoms with van der Waals surface area (Å²) in [4.78, 5) is 2.52. The minimum atomic E-state index is -0.563. The van der Waals surface area contributed by atoms with Gasteiger partial charge in [-0.05, 0) is 143 Å². The molecule has 1 aromatic heterocycles. The second kappa shape index (κ2) is 16.4. The van der Waals surface area contributed by atoms with Crippen LogP contribution in [0.5, 0.6) is 0 Å². The Kier molecular flexibility index (Phi) is 9.47. The van der Waals surface area contributed by atoms with Crippen LogP contribution in [-0.2, 0) is 16.2 Å². The van der Waals surface area contributed by atoms with Crippen molar-refractivity contribution in [3.8, 4) is 44.5 Å². The molecule has 0 radical (unpaired) electrons. The van der Waals surface area contributed by atoms with Crippen molar-refractivity contribution in [2.24, 2.45) is 0 Å². The first kappa shape index (κ1) is 43.4. The molecule has 354 valence electrons. The maximum absolute atomic E-state index is 6.00. The molecule has 1 heterocycles. The van der Waals surface area contributed by atoms with E-state index < -0.39 is 10.8 Å². The molecule has 0 saturated carbocycles. The minimum Gasteiger partial charge on any atom is -0.464 e. The van der Waals surface area contributed by atoms with E-state index in [-0.39, 0.29) is 5.41 Å². The number of rotatable bonds is 8. The molecule has 3 aliphatic carbocycles. The van der Waals surface area contributed by atoms with Gasteiger partial charge in [-0.3, -0.25) is 0 Å². The zero-order valence-corrected chi connectivity index (χ0v) is 41.8. The van der Waals surface area contributed by atoms with E-state index in [9.17, 15) is 0 Å². The first-order valence-electron chi connectivity index (χ1n) is 26.2. The van der Waals surface area contributed by atoms with Gasteiger partial charge in [-0.15, -0.1) is 0 Å². The summed E-state index contributed by atoms with van der Waals surface area (Å²) in [5, 5.41) is 1.06. The largest absolute Gasteiger partial charge is 0.464 e. The summed E-state index contributed by atoms with van der Waals surface area (Å²) < 4.78 is 6.00. The maximum atomic E-state index is 6.00. The summed E-state index contributed by atoms with van der Waals surface area (Å²) in [7, 11) is 0. The van der Waals surface area contributed by atoms with Crippen molar-refractivity contribution in [3.63, 3.8) is 0 Å².